The Kier molecular flexibility index (Phi) is 5.62. The third-order valence-corrected chi connectivity index (χ3v) is 3.67. The monoisotopic (exact) mass is 319 g/mol. The zero-order chi connectivity index (χ0) is 16.8. The Balaban J connectivity index is 2.12. The molecule has 6 nitrogen and oxygen atoms in total. The van der Waals surface area contributed by atoms with Crippen LogP contribution in [0.5, 0.6) is 11.5 Å². The van der Waals surface area contributed by atoms with Gasteiger partial charge in [0.1, 0.15) is 24.1 Å². The van der Waals surface area contributed by atoms with Crippen LogP contribution in [-0.4, -0.2) is 36.7 Å². The number of ether oxygens (including phenoxy) is 2. The number of amides is 1. The maximum Gasteiger partial charge on any atom is 0.326 e. The number of carboxylic acids is 1. The first kappa shape index (κ1) is 16.9. The Morgan fingerprint density at radius 3 is 2.87 bits per heavy atom. The molecule has 0 saturated heterocycles. The van der Waals surface area contributed by atoms with Gasteiger partial charge in [-0.05, 0) is 30.7 Å². The van der Waals surface area contributed by atoms with E-state index in [4.69, 9.17) is 9.47 Å². The molecule has 2 rings (SSSR count). The molecule has 1 aromatic carbocycles. The SMILES string of the molecule is CCCCC(NC(=O)C1=Cc2cc(OC)ccc2OC1)C(=O)O. The van der Waals surface area contributed by atoms with Gasteiger partial charge >= 0.3 is 5.97 Å². The Hall–Kier alpha value is -2.50. The van der Waals surface area contributed by atoms with E-state index in [0.717, 1.165) is 18.4 Å². The van der Waals surface area contributed by atoms with Gasteiger partial charge in [-0.3, -0.25) is 4.79 Å². The molecule has 0 spiro atoms. The molecule has 0 bridgehead atoms. The first-order valence-electron chi connectivity index (χ1n) is 7.60. The van der Waals surface area contributed by atoms with Crippen molar-refractivity contribution in [3.05, 3.63) is 29.3 Å². The fourth-order valence-corrected chi connectivity index (χ4v) is 2.33. The maximum absolute atomic E-state index is 12.3. The largest absolute Gasteiger partial charge is 0.497 e. The van der Waals surface area contributed by atoms with Crippen molar-refractivity contribution in [2.75, 3.05) is 13.7 Å². The highest BCUT2D eigenvalue weighted by atomic mass is 16.5. The van der Waals surface area contributed by atoms with Crippen molar-refractivity contribution < 1.29 is 24.2 Å². The van der Waals surface area contributed by atoms with Crippen LogP contribution in [0.15, 0.2) is 23.8 Å². The van der Waals surface area contributed by atoms with Crippen LogP contribution in [0.25, 0.3) is 6.08 Å². The van der Waals surface area contributed by atoms with Crippen LogP contribution < -0.4 is 14.8 Å². The molecule has 6 heteroatoms. The number of nitrogens with one attached hydrogen (secondary N) is 1. The van der Waals surface area contributed by atoms with Crippen molar-refractivity contribution in [3.63, 3.8) is 0 Å². The van der Waals surface area contributed by atoms with Crippen LogP contribution >= 0.6 is 0 Å². The first-order valence-corrected chi connectivity index (χ1v) is 7.60. The van der Waals surface area contributed by atoms with Gasteiger partial charge < -0.3 is 19.9 Å². The second-order valence-electron chi connectivity index (χ2n) is 5.37. The Morgan fingerprint density at radius 2 is 2.22 bits per heavy atom. The second-order valence-corrected chi connectivity index (χ2v) is 5.37. The fraction of sp³-hybridized carbons (Fsp3) is 0.412. The van der Waals surface area contributed by atoms with Gasteiger partial charge in [0.25, 0.3) is 5.91 Å². The number of unbranched alkanes of at least 4 members (excludes halogenated alkanes) is 1. The van der Waals surface area contributed by atoms with E-state index in [9.17, 15) is 14.7 Å². The molecule has 1 amide bonds. The molecule has 1 aliphatic heterocycles. The standard InChI is InChI=1S/C17H21NO5/c1-3-4-5-14(17(20)21)18-16(19)12-8-11-9-13(22-2)6-7-15(11)23-10-12/h6-9,14H,3-5,10H2,1-2H3,(H,18,19)(H,20,21). The minimum Gasteiger partial charge on any atom is -0.497 e. The van der Waals surface area contributed by atoms with Crippen molar-refractivity contribution in [1.29, 1.82) is 0 Å². The van der Waals surface area contributed by atoms with Crippen LogP contribution in [0.4, 0.5) is 0 Å². The number of hydrogen-bond donors (Lipinski definition) is 2. The average Bonchev–Trinajstić information content (AvgIpc) is 2.56. The van der Waals surface area contributed by atoms with E-state index >= 15 is 0 Å². The van der Waals surface area contributed by atoms with Crippen LogP contribution in [-0.2, 0) is 9.59 Å². The zero-order valence-electron chi connectivity index (χ0n) is 13.3. The summed E-state index contributed by atoms with van der Waals surface area (Å²) in [4.78, 5) is 23.5. The van der Waals surface area contributed by atoms with Gasteiger partial charge in [-0.25, -0.2) is 4.79 Å². The quantitative estimate of drug-likeness (QED) is 0.805. The van der Waals surface area contributed by atoms with Crippen molar-refractivity contribution in [3.8, 4) is 11.5 Å². The Bertz CT molecular complexity index is 623. The first-order chi connectivity index (χ1) is 11.0. The molecule has 0 radical (unpaired) electrons. The van der Waals surface area contributed by atoms with E-state index in [1.807, 2.05) is 6.92 Å². The lowest BCUT2D eigenvalue weighted by atomic mass is 10.1. The van der Waals surface area contributed by atoms with Crippen LogP contribution in [0.2, 0.25) is 0 Å². The number of fused-ring (bicyclic) bond motifs is 1. The number of carboxylic acid groups (broad SMARTS) is 1. The van der Waals surface area contributed by atoms with Crippen LogP contribution in [0.3, 0.4) is 0 Å². The summed E-state index contributed by atoms with van der Waals surface area (Å²) in [6.07, 6.45) is 3.73. The zero-order valence-corrected chi connectivity index (χ0v) is 13.3. The number of aliphatic carboxylic acids is 1. The molecule has 23 heavy (non-hydrogen) atoms. The summed E-state index contributed by atoms with van der Waals surface area (Å²) in [6.45, 7) is 2.09. The number of methoxy groups -OCH3 is 1. The molecular weight excluding hydrogens is 298 g/mol. The van der Waals surface area contributed by atoms with Crippen LogP contribution in [0.1, 0.15) is 31.7 Å². The van der Waals surface area contributed by atoms with E-state index in [1.165, 1.54) is 0 Å². The van der Waals surface area contributed by atoms with E-state index in [2.05, 4.69) is 5.32 Å². The lowest BCUT2D eigenvalue weighted by Crippen LogP contribution is -2.42. The van der Waals surface area contributed by atoms with E-state index in [0.29, 0.717) is 23.5 Å². The van der Waals surface area contributed by atoms with Crippen molar-refractivity contribution in [2.24, 2.45) is 0 Å². The number of rotatable bonds is 7. The summed E-state index contributed by atoms with van der Waals surface area (Å²) in [5.41, 5.74) is 1.13. The molecule has 0 fully saturated rings. The Morgan fingerprint density at radius 1 is 1.43 bits per heavy atom. The van der Waals surface area contributed by atoms with Crippen molar-refractivity contribution >= 4 is 18.0 Å². The van der Waals surface area contributed by atoms with Gasteiger partial charge in [0.2, 0.25) is 0 Å². The maximum atomic E-state index is 12.3. The van der Waals surface area contributed by atoms with E-state index in [-0.39, 0.29) is 6.61 Å². The van der Waals surface area contributed by atoms with Gasteiger partial charge in [-0.1, -0.05) is 19.8 Å². The third-order valence-electron chi connectivity index (χ3n) is 3.67. The summed E-state index contributed by atoms with van der Waals surface area (Å²) in [7, 11) is 1.56. The fourth-order valence-electron chi connectivity index (χ4n) is 2.33. The highest BCUT2D eigenvalue weighted by Crippen LogP contribution is 2.29. The predicted molar refractivity (Wildman–Crippen MR) is 85.6 cm³/mol. The molecule has 1 heterocycles. The highest BCUT2D eigenvalue weighted by Gasteiger charge is 2.23. The minimum atomic E-state index is -1.02. The normalized spacial score (nSPS) is 14.1. The van der Waals surface area contributed by atoms with Gasteiger partial charge in [-0.15, -0.1) is 0 Å². The number of hydrogen-bond acceptors (Lipinski definition) is 4. The molecule has 1 unspecified atom stereocenters. The average molecular weight is 319 g/mol. The topological polar surface area (TPSA) is 84.9 Å². The molecule has 1 aliphatic rings. The highest BCUT2D eigenvalue weighted by molar-refractivity contribution is 6.00. The molecule has 2 N–H and O–H groups in total. The summed E-state index contributed by atoms with van der Waals surface area (Å²) in [6, 6.07) is 4.45. The predicted octanol–water partition coefficient (Wildman–Crippen LogP) is 2.23. The molecular formula is C17H21NO5. The summed E-state index contributed by atoms with van der Waals surface area (Å²) >= 11 is 0. The number of benzene rings is 1. The Labute approximate surface area is 135 Å². The van der Waals surface area contributed by atoms with Crippen LogP contribution in [0, 0.1) is 0 Å². The van der Waals surface area contributed by atoms with Crippen molar-refractivity contribution in [2.45, 2.75) is 32.2 Å². The smallest absolute Gasteiger partial charge is 0.326 e. The van der Waals surface area contributed by atoms with Gasteiger partial charge in [-0.2, -0.15) is 0 Å². The van der Waals surface area contributed by atoms with E-state index in [1.54, 1.807) is 31.4 Å². The second kappa shape index (κ2) is 7.67. The lowest BCUT2D eigenvalue weighted by Gasteiger charge is -2.20. The minimum absolute atomic E-state index is 0.116. The van der Waals surface area contributed by atoms with Crippen molar-refractivity contribution in [1.82, 2.24) is 5.32 Å². The summed E-state index contributed by atoms with van der Waals surface area (Å²) in [5.74, 6) is -0.104. The molecule has 0 aromatic heterocycles. The van der Waals surface area contributed by atoms with Gasteiger partial charge in [0.05, 0.1) is 12.7 Å². The summed E-state index contributed by atoms with van der Waals surface area (Å²) < 4.78 is 10.7. The van der Waals surface area contributed by atoms with Gasteiger partial charge in [0.15, 0.2) is 0 Å². The molecule has 0 aliphatic carbocycles. The van der Waals surface area contributed by atoms with E-state index < -0.39 is 17.9 Å². The molecule has 0 saturated carbocycles. The van der Waals surface area contributed by atoms with Gasteiger partial charge in [0, 0.05) is 5.56 Å². The summed E-state index contributed by atoms with van der Waals surface area (Å²) in [5, 5.41) is 11.8. The molecule has 1 atom stereocenters. The molecule has 1 aromatic rings. The lowest BCUT2D eigenvalue weighted by molar-refractivity contribution is -0.141. The third kappa shape index (κ3) is 4.25. The number of carbonyl (C=O) groups excluding carboxylic acids is 1. The molecule has 124 valence electrons. The number of carbonyl (C=O) groups is 2.